The molecule has 4 fully saturated rings. The van der Waals surface area contributed by atoms with E-state index in [-0.39, 0.29) is 17.2 Å². The quantitative estimate of drug-likeness (QED) is 0.800. The fourth-order valence-electron chi connectivity index (χ4n) is 6.52. The second kappa shape index (κ2) is 6.29. The Morgan fingerprint density at radius 1 is 1.14 bits per heavy atom. The number of amides is 2. The van der Waals surface area contributed by atoms with Crippen LogP contribution in [0, 0.1) is 30.1 Å². The van der Waals surface area contributed by atoms with Crippen LogP contribution in [0.15, 0.2) is 12.3 Å². The Balaban J connectivity index is 1.22. The highest BCUT2D eigenvalue weighted by atomic mass is 16.2. The van der Waals surface area contributed by atoms with Crippen LogP contribution in [-0.4, -0.2) is 26.6 Å². The fourth-order valence-corrected chi connectivity index (χ4v) is 6.52. The van der Waals surface area contributed by atoms with E-state index in [1.54, 1.807) is 10.7 Å². The molecule has 4 aliphatic carbocycles. The molecule has 0 saturated heterocycles. The molecular weight excluding hydrogens is 354 g/mol. The third-order valence-electron chi connectivity index (χ3n) is 7.14. The summed E-state index contributed by atoms with van der Waals surface area (Å²) in [5.74, 6) is 2.01. The predicted octanol–water partition coefficient (Wildman–Crippen LogP) is 2.64. The largest absolute Gasteiger partial charge is 0.273 e. The lowest BCUT2D eigenvalue weighted by Gasteiger charge is -2.56. The normalized spacial score (nSPS) is 30.6. The summed E-state index contributed by atoms with van der Waals surface area (Å²) < 4.78 is 1.69. The number of carbonyl (C=O) groups is 2. The van der Waals surface area contributed by atoms with Crippen LogP contribution in [0.3, 0.4) is 0 Å². The monoisotopic (exact) mass is 381 g/mol. The van der Waals surface area contributed by atoms with Gasteiger partial charge in [0, 0.05) is 25.1 Å². The minimum absolute atomic E-state index is 0.0816. The van der Waals surface area contributed by atoms with E-state index >= 15 is 0 Å². The van der Waals surface area contributed by atoms with Gasteiger partial charge >= 0.3 is 0 Å². The lowest BCUT2D eigenvalue weighted by atomic mass is 9.49. The highest BCUT2D eigenvalue weighted by Gasteiger charge is 2.51. The Morgan fingerprint density at radius 3 is 2.43 bits per heavy atom. The first kappa shape index (κ1) is 17.6. The molecule has 7 heteroatoms. The zero-order chi connectivity index (χ0) is 19.5. The maximum absolute atomic E-state index is 12.6. The highest BCUT2D eigenvalue weighted by Crippen LogP contribution is 2.61. The number of fused-ring (bicyclic) bond motifs is 1. The van der Waals surface area contributed by atoms with Gasteiger partial charge in [-0.2, -0.15) is 5.10 Å². The Kier molecular flexibility index (Phi) is 3.96. The molecule has 6 rings (SSSR count). The summed E-state index contributed by atoms with van der Waals surface area (Å²) in [5.41, 5.74) is 7.34. The van der Waals surface area contributed by atoms with Crippen molar-refractivity contribution >= 4 is 22.8 Å². The molecule has 2 N–H and O–H groups in total. The first-order valence-electron chi connectivity index (χ1n) is 10.3. The molecule has 0 radical (unpaired) electrons. The highest BCUT2D eigenvalue weighted by molar-refractivity contribution is 5.98. The molecule has 4 bridgehead atoms. The lowest BCUT2D eigenvalue weighted by molar-refractivity contribution is -0.130. The van der Waals surface area contributed by atoms with Crippen molar-refractivity contribution in [1.29, 1.82) is 0 Å². The van der Waals surface area contributed by atoms with Crippen LogP contribution < -0.4 is 10.9 Å². The van der Waals surface area contributed by atoms with Crippen molar-refractivity contribution in [3.05, 3.63) is 23.5 Å². The number of aryl methyl sites for hydroxylation is 2. The maximum atomic E-state index is 12.6. The SMILES string of the molecule is Cc1nn(C)c2ncc(C(=O)NNC(=O)CC34CC5CC(CC(C5)C3)C4)cc12. The Morgan fingerprint density at radius 2 is 1.79 bits per heavy atom. The summed E-state index contributed by atoms with van der Waals surface area (Å²) in [7, 11) is 1.83. The van der Waals surface area contributed by atoms with E-state index in [0.717, 1.165) is 34.5 Å². The number of rotatable bonds is 3. The van der Waals surface area contributed by atoms with Crippen LogP contribution in [-0.2, 0) is 11.8 Å². The average Bonchev–Trinajstić information content (AvgIpc) is 2.92. The number of hydrazine groups is 1. The number of hydrogen-bond acceptors (Lipinski definition) is 4. The number of nitrogens with zero attached hydrogens (tertiary/aromatic N) is 3. The van der Waals surface area contributed by atoms with Gasteiger partial charge in [0.15, 0.2) is 5.65 Å². The van der Waals surface area contributed by atoms with E-state index in [2.05, 4.69) is 20.9 Å². The molecule has 7 nitrogen and oxygen atoms in total. The van der Waals surface area contributed by atoms with Crippen LogP contribution in [0.1, 0.15) is 61.0 Å². The molecule has 28 heavy (non-hydrogen) atoms. The number of pyridine rings is 1. The van der Waals surface area contributed by atoms with Gasteiger partial charge in [0.1, 0.15) is 0 Å². The van der Waals surface area contributed by atoms with Crippen molar-refractivity contribution in [3.63, 3.8) is 0 Å². The Hall–Kier alpha value is -2.44. The third-order valence-corrected chi connectivity index (χ3v) is 7.14. The van der Waals surface area contributed by atoms with E-state index in [9.17, 15) is 9.59 Å². The molecule has 2 aromatic rings. The van der Waals surface area contributed by atoms with Crippen molar-refractivity contribution in [2.45, 2.75) is 51.9 Å². The van der Waals surface area contributed by atoms with Gasteiger partial charge in [0.25, 0.3) is 5.91 Å². The Labute approximate surface area is 164 Å². The second-order valence-corrected chi connectivity index (χ2v) is 9.40. The maximum Gasteiger partial charge on any atom is 0.271 e. The second-order valence-electron chi connectivity index (χ2n) is 9.40. The standard InChI is InChI=1S/C21H27N5O2/c1-12-17-6-16(11-22-19(17)26(2)25-12)20(28)24-23-18(27)10-21-7-13-3-14(8-21)5-15(4-13)9-21/h6,11,13-15H,3-5,7-10H2,1-2H3,(H,23,27)(H,24,28). The molecule has 2 heterocycles. The van der Waals surface area contributed by atoms with Gasteiger partial charge < -0.3 is 0 Å². The molecule has 0 aromatic carbocycles. The van der Waals surface area contributed by atoms with Crippen LogP contribution in [0.5, 0.6) is 0 Å². The van der Waals surface area contributed by atoms with E-state index < -0.39 is 0 Å². The van der Waals surface area contributed by atoms with Crippen LogP contribution in [0.4, 0.5) is 0 Å². The predicted molar refractivity (Wildman–Crippen MR) is 104 cm³/mol. The van der Waals surface area contributed by atoms with E-state index in [1.807, 2.05) is 14.0 Å². The minimum Gasteiger partial charge on any atom is -0.273 e. The summed E-state index contributed by atoms with van der Waals surface area (Å²) >= 11 is 0. The molecule has 2 aromatic heterocycles. The van der Waals surface area contributed by atoms with Gasteiger partial charge in [-0.25, -0.2) is 4.98 Å². The summed E-state index contributed by atoms with van der Waals surface area (Å²) in [5, 5.41) is 5.16. The third kappa shape index (κ3) is 2.97. The first-order chi connectivity index (χ1) is 13.4. The molecule has 0 spiro atoms. The summed E-state index contributed by atoms with van der Waals surface area (Å²) in [4.78, 5) is 29.4. The summed E-state index contributed by atoms with van der Waals surface area (Å²) in [6.07, 6.45) is 9.67. The number of aromatic nitrogens is 3. The number of carbonyl (C=O) groups excluding carboxylic acids is 2. The van der Waals surface area contributed by atoms with Crippen LogP contribution in [0.2, 0.25) is 0 Å². The van der Waals surface area contributed by atoms with Gasteiger partial charge in [-0.05, 0) is 74.7 Å². The molecule has 4 aliphatic rings. The molecule has 2 amide bonds. The Bertz CT molecular complexity index is 928. The molecule has 0 aliphatic heterocycles. The van der Waals surface area contributed by atoms with Crippen molar-refractivity contribution in [1.82, 2.24) is 25.6 Å². The minimum atomic E-state index is -0.350. The van der Waals surface area contributed by atoms with Crippen molar-refractivity contribution < 1.29 is 9.59 Å². The zero-order valence-electron chi connectivity index (χ0n) is 16.5. The summed E-state index contributed by atoms with van der Waals surface area (Å²) in [6.45, 7) is 1.89. The topological polar surface area (TPSA) is 88.9 Å². The molecule has 148 valence electrons. The van der Waals surface area contributed by atoms with Gasteiger partial charge in [-0.1, -0.05) is 0 Å². The average molecular weight is 381 g/mol. The molecule has 0 unspecified atom stereocenters. The van der Waals surface area contributed by atoms with Crippen molar-refractivity contribution in [2.75, 3.05) is 0 Å². The smallest absolute Gasteiger partial charge is 0.271 e. The first-order valence-corrected chi connectivity index (χ1v) is 10.3. The van der Waals surface area contributed by atoms with Gasteiger partial charge in [-0.3, -0.25) is 25.1 Å². The fraction of sp³-hybridized carbons (Fsp3) is 0.619. The number of nitrogens with one attached hydrogen (secondary N) is 2. The van der Waals surface area contributed by atoms with Gasteiger partial charge in [0.05, 0.1) is 11.3 Å². The van der Waals surface area contributed by atoms with Crippen molar-refractivity contribution in [3.8, 4) is 0 Å². The van der Waals surface area contributed by atoms with E-state index in [0.29, 0.717) is 12.0 Å². The molecular formula is C21H27N5O2. The van der Waals surface area contributed by atoms with Gasteiger partial charge in [0.2, 0.25) is 5.91 Å². The molecule has 4 saturated carbocycles. The van der Waals surface area contributed by atoms with Gasteiger partial charge in [-0.15, -0.1) is 0 Å². The van der Waals surface area contributed by atoms with Crippen LogP contribution in [0.25, 0.3) is 11.0 Å². The zero-order valence-corrected chi connectivity index (χ0v) is 16.5. The van der Waals surface area contributed by atoms with E-state index in [4.69, 9.17) is 0 Å². The molecule has 0 atom stereocenters. The number of hydrogen-bond donors (Lipinski definition) is 2. The summed E-state index contributed by atoms with van der Waals surface area (Å²) in [6, 6.07) is 1.77. The van der Waals surface area contributed by atoms with Crippen molar-refractivity contribution in [2.24, 2.45) is 30.2 Å². The lowest BCUT2D eigenvalue weighted by Crippen LogP contribution is -2.50. The van der Waals surface area contributed by atoms with Crippen LogP contribution >= 0.6 is 0 Å². The van der Waals surface area contributed by atoms with E-state index in [1.165, 1.54) is 44.7 Å².